The third kappa shape index (κ3) is 4.33. The van der Waals surface area contributed by atoms with Gasteiger partial charge in [0.15, 0.2) is 0 Å². The third-order valence-electron chi connectivity index (χ3n) is 5.46. The van der Waals surface area contributed by atoms with E-state index in [1.54, 1.807) is 0 Å². The van der Waals surface area contributed by atoms with Gasteiger partial charge in [-0.2, -0.15) is 0 Å². The number of aryl methyl sites for hydroxylation is 1. The minimum absolute atomic E-state index is 0.0302. The van der Waals surface area contributed by atoms with Crippen molar-refractivity contribution in [2.75, 3.05) is 6.61 Å². The summed E-state index contributed by atoms with van der Waals surface area (Å²) < 4.78 is 19.7. The molecule has 3 aromatic carbocycles. The molecule has 4 aromatic rings. The summed E-state index contributed by atoms with van der Waals surface area (Å²) >= 11 is 0. The van der Waals surface area contributed by atoms with Crippen molar-refractivity contribution < 1.29 is 19.0 Å². The largest absolute Gasteiger partial charge is 0.493 e. The molecule has 0 aliphatic heterocycles. The van der Waals surface area contributed by atoms with Gasteiger partial charge in [-0.05, 0) is 54.8 Å². The maximum atomic E-state index is 13.7. The number of fused-ring (bicyclic) bond motifs is 1. The van der Waals surface area contributed by atoms with Crippen molar-refractivity contribution >= 4 is 16.9 Å². The van der Waals surface area contributed by atoms with Gasteiger partial charge < -0.3 is 9.84 Å². The number of pyridine rings is 1. The van der Waals surface area contributed by atoms with E-state index < -0.39 is 11.8 Å². The van der Waals surface area contributed by atoms with Crippen LogP contribution in [0.25, 0.3) is 33.3 Å². The van der Waals surface area contributed by atoms with Crippen LogP contribution in [0.1, 0.15) is 35.7 Å². The van der Waals surface area contributed by atoms with Gasteiger partial charge in [0.25, 0.3) is 0 Å². The van der Waals surface area contributed by atoms with E-state index in [9.17, 15) is 14.3 Å². The number of hydrogen-bond donors (Lipinski definition) is 1. The normalized spacial score (nSPS) is 11.0. The van der Waals surface area contributed by atoms with Crippen LogP contribution in [0.15, 0.2) is 66.7 Å². The van der Waals surface area contributed by atoms with E-state index in [1.807, 2.05) is 49.4 Å². The summed E-state index contributed by atoms with van der Waals surface area (Å²) in [5.74, 6) is -0.765. The minimum Gasteiger partial charge on any atom is -0.493 e. The molecule has 0 spiro atoms. The Labute approximate surface area is 186 Å². The lowest BCUT2D eigenvalue weighted by molar-refractivity contribution is 0.0699. The number of carboxylic acids is 1. The number of para-hydroxylation sites is 1. The van der Waals surface area contributed by atoms with Crippen molar-refractivity contribution in [1.29, 1.82) is 0 Å². The first-order valence-electron chi connectivity index (χ1n) is 10.6. The van der Waals surface area contributed by atoms with Crippen LogP contribution in [0.5, 0.6) is 5.75 Å². The number of halogens is 1. The first-order chi connectivity index (χ1) is 15.5. The van der Waals surface area contributed by atoms with Crippen LogP contribution in [-0.4, -0.2) is 22.7 Å². The number of carbonyl (C=O) groups is 1. The topological polar surface area (TPSA) is 59.4 Å². The molecule has 4 rings (SSSR count). The molecule has 0 atom stereocenters. The second kappa shape index (κ2) is 9.18. The molecule has 0 aliphatic rings. The second-order valence-corrected chi connectivity index (χ2v) is 7.75. The number of aromatic carboxylic acids is 1. The lowest BCUT2D eigenvalue weighted by Crippen LogP contribution is -2.01. The van der Waals surface area contributed by atoms with E-state index in [0.717, 1.165) is 40.8 Å². The van der Waals surface area contributed by atoms with Crippen LogP contribution in [0.3, 0.4) is 0 Å². The van der Waals surface area contributed by atoms with Gasteiger partial charge in [0.05, 0.1) is 23.4 Å². The van der Waals surface area contributed by atoms with Crippen LogP contribution >= 0.6 is 0 Å². The average molecular weight is 429 g/mol. The first kappa shape index (κ1) is 21.5. The highest BCUT2D eigenvalue weighted by Crippen LogP contribution is 2.34. The molecule has 32 heavy (non-hydrogen) atoms. The van der Waals surface area contributed by atoms with Crippen LogP contribution in [-0.2, 0) is 0 Å². The van der Waals surface area contributed by atoms with Crippen molar-refractivity contribution in [2.45, 2.75) is 26.7 Å². The Morgan fingerprint density at radius 1 is 1.03 bits per heavy atom. The zero-order chi connectivity index (χ0) is 22.7. The second-order valence-electron chi connectivity index (χ2n) is 7.75. The van der Waals surface area contributed by atoms with Crippen LogP contribution in [0.2, 0.25) is 0 Å². The van der Waals surface area contributed by atoms with E-state index in [4.69, 9.17) is 4.74 Å². The third-order valence-corrected chi connectivity index (χ3v) is 5.46. The first-order valence-corrected chi connectivity index (χ1v) is 10.6. The van der Waals surface area contributed by atoms with Gasteiger partial charge in [-0.1, -0.05) is 49.7 Å². The molecule has 1 N–H and O–H groups in total. The Hall–Kier alpha value is -3.73. The highest BCUT2D eigenvalue weighted by Gasteiger charge is 2.16. The van der Waals surface area contributed by atoms with Gasteiger partial charge in [0.2, 0.25) is 0 Å². The van der Waals surface area contributed by atoms with Crippen LogP contribution in [0, 0.1) is 12.7 Å². The fourth-order valence-corrected chi connectivity index (χ4v) is 3.79. The number of rotatable bonds is 7. The number of aromatic nitrogens is 1. The Morgan fingerprint density at radius 3 is 2.59 bits per heavy atom. The molecule has 1 aromatic heterocycles. The fourth-order valence-electron chi connectivity index (χ4n) is 3.79. The highest BCUT2D eigenvalue weighted by atomic mass is 19.1. The molecule has 0 bridgehead atoms. The fraction of sp³-hybridized carbons (Fsp3) is 0.185. The summed E-state index contributed by atoms with van der Waals surface area (Å²) in [6.07, 6.45) is 2.06. The van der Waals surface area contributed by atoms with Crippen LogP contribution in [0.4, 0.5) is 4.39 Å². The molecular weight excluding hydrogens is 405 g/mol. The molecule has 4 nitrogen and oxygen atoms in total. The summed E-state index contributed by atoms with van der Waals surface area (Å²) in [5, 5.41) is 9.95. The van der Waals surface area contributed by atoms with E-state index in [1.165, 1.54) is 24.3 Å². The molecule has 0 amide bonds. The summed E-state index contributed by atoms with van der Waals surface area (Å²) in [6, 6.07) is 19.4. The monoisotopic (exact) mass is 429 g/mol. The van der Waals surface area contributed by atoms with E-state index in [2.05, 4.69) is 11.9 Å². The lowest BCUT2D eigenvalue weighted by Gasteiger charge is -2.14. The molecule has 0 saturated carbocycles. The standard InChI is InChI=1S/C27H24FNO3/c1-3-4-13-32-26-8-6-5-7-21(26)18-9-11-20(17(2)14-18)25-16-23(27(30)31)22-15-19(28)10-12-24(22)29-25/h5-12,14-16H,3-4,13H2,1-2H3,(H,30,31). The highest BCUT2D eigenvalue weighted by molar-refractivity contribution is 6.03. The Balaban J connectivity index is 1.76. The predicted molar refractivity (Wildman–Crippen MR) is 125 cm³/mol. The smallest absolute Gasteiger partial charge is 0.336 e. The number of nitrogens with zero attached hydrogens (tertiary/aromatic N) is 1. The van der Waals surface area contributed by atoms with E-state index in [0.29, 0.717) is 17.8 Å². The molecule has 1 heterocycles. The zero-order valence-electron chi connectivity index (χ0n) is 18.1. The Morgan fingerprint density at radius 2 is 1.84 bits per heavy atom. The predicted octanol–water partition coefficient (Wildman–Crippen LogP) is 6.89. The molecule has 0 aliphatic carbocycles. The van der Waals surface area contributed by atoms with Gasteiger partial charge in [-0.15, -0.1) is 0 Å². The van der Waals surface area contributed by atoms with E-state index >= 15 is 0 Å². The van der Waals surface area contributed by atoms with Crippen molar-refractivity contribution in [3.63, 3.8) is 0 Å². The molecule has 0 saturated heterocycles. The van der Waals surface area contributed by atoms with Crippen LogP contribution < -0.4 is 4.74 Å². The summed E-state index contributed by atoms with van der Waals surface area (Å²) in [7, 11) is 0. The molecule has 0 radical (unpaired) electrons. The number of hydrogen-bond acceptors (Lipinski definition) is 3. The van der Waals surface area contributed by atoms with Gasteiger partial charge in [-0.25, -0.2) is 14.2 Å². The maximum absolute atomic E-state index is 13.7. The zero-order valence-corrected chi connectivity index (χ0v) is 18.1. The molecule has 0 fully saturated rings. The molecular formula is C27H24FNO3. The van der Waals surface area contributed by atoms with Crippen molar-refractivity contribution in [2.24, 2.45) is 0 Å². The molecule has 0 unspecified atom stereocenters. The quantitative estimate of drug-likeness (QED) is 0.325. The SMILES string of the molecule is CCCCOc1ccccc1-c1ccc(-c2cc(C(=O)O)c3cc(F)ccc3n2)c(C)c1. The Kier molecular flexibility index (Phi) is 6.17. The summed E-state index contributed by atoms with van der Waals surface area (Å²) in [5.41, 5.74) is 4.81. The summed E-state index contributed by atoms with van der Waals surface area (Å²) in [6.45, 7) is 4.77. The van der Waals surface area contributed by atoms with Crippen molar-refractivity contribution in [3.05, 3.63) is 83.7 Å². The van der Waals surface area contributed by atoms with Gasteiger partial charge >= 0.3 is 5.97 Å². The van der Waals surface area contributed by atoms with Gasteiger partial charge in [0, 0.05) is 16.5 Å². The van der Waals surface area contributed by atoms with E-state index in [-0.39, 0.29) is 10.9 Å². The average Bonchev–Trinajstić information content (AvgIpc) is 2.79. The number of ether oxygens (including phenoxy) is 1. The van der Waals surface area contributed by atoms with Crippen molar-refractivity contribution in [1.82, 2.24) is 4.98 Å². The summed E-state index contributed by atoms with van der Waals surface area (Å²) in [4.78, 5) is 16.4. The van der Waals surface area contributed by atoms with Gasteiger partial charge in [0.1, 0.15) is 11.6 Å². The molecule has 162 valence electrons. The van der Waals surface area contributed by atoms with Crippen molar-refractivity contribution in [3.8, 4) is 28.1 Å². The number of benzene rings is 3. The number of unbranched alkanes of at least 4 members (excludes halogenated alkanes) is 1. The Bertz CT molecular complexity index is 1300. The minimum atomic E-state index is -1.11. The number of carboxylic acid groups (broad SMARTS) is 1. The maximum Gasteiger partial charge on any atom is 0.336 e. The lowest BCUT2D eigenvalue weighted by atomic mass is 9.96. The molecule has 5 heteroatoms. The van der Waals surface area contributed by atoms with Gasteiger partial charge in [-0.3, -0.25) is 0 Å².